The van der Waals surface area contributed by atoms with E-state index in [1.54, 1.807) is 22.0 Å². The van der Waals surface area contributed by atoms with Crippen molar-refractivity contribution in [2.75, 3.05) is 31.2 Å². The average molecular weight is 618 g/mol. The van der Waals surface area contributed by atoms with Crippen LogP contribution in [0.3, 0.4) is 0 Å². The molecule has 1 aromatic rings. The van der Waals surface area contributed by atoms with Crippen molar-refractivity contribution in [2.24, 2.45) is 11.8 Å². The molecule has 0 aromatic heterocycles. The summed E-state index contributed by atoms with van der Waals surface area (Å²) in [5, 5.41) is 9.27. The zero-order valence-corrected chi connectivity index (χ0v) is 25.1. The topological polar surface area (TPSA) is 96.4 Å². The first-order valence-electron chi connectivity index (χ1n) is 14.2. The molecule has 1 N–H and O–H groups in total. The monoisotopic (exact) mass is 616 g/mol. The van der Waals surface area contributed by atoms with Gasteiger partial charge in [0.2, 0.25) is 5.91 Å². The lowest BCUT2D eigenvalue weighted by Gasteiger charge is -2.37. The Balaban J connectivity index is 1.73. The number of anilines is 1. The Morgan fingerprint density at radius 3 is 2.70 bits per heavy atom. The first kappa shape index (κ1) is 30.5. The van der Waals surface area contributed by atoms with Crippen molar-refractivity contribution in [3.63, 3.8) is 0 Å². The molecule has 3 unspecified atom stereocenters. The number of aliphatic hydroxyl groups excluding tert-OH is 1. The molecule has 0 saturated carbocycles. The van der Waals surface area contributed by atoms with E-state index in [0.29, 0.717) is 38.6 Å². The smallest absolute Gasteiger partial charge is 0.312 e. The number of carbonyl (C=O) groups excluding carboxylic acids is 3. The van der Waals surface area contributed by atoms with E-state index < -0.39 is 35.6 Å². The van der Waals surface area contributed by atoms with Gasteiger partial charge in [0.1, 0.15) is 11.6 Å². The third kappa shape index (κ3) is 5.52. The van der Waals surface area contributed by atoms with Crippen molar-refractivity contribution in [1.82, 2.24) is 4.90 Å². The summed E-state index contributed by atoms with van der Waals surface area (Å²) in [4.78, 5) is 45.3. The van der Waals surface area contributed by atoms with Gasteiger partial charge in [0.15, 0.2) is 0 Å². The van der Waals surface area contributed by atoms with E-state index in [1.807, 2.05) is 32.0 Å². The number of halogens is 1. The molecule has 3 fully saturated rings. The van der Waals surface area contributed by atoms with Gasteiger partial charge >= 0.3 is 5.97 Å². The average Bonchev–Trinajstić information content (AvgIpc) is 3.52. The van der Waals surface area contributed by atoms with Gasteiger partial charge in [-0.15, -0.1) is 13.2 Å². The molecule has 0 aliphatic carbocycles. The van der Waals surface area contributed by atoms with Crippen LogP contribution in [0, 0.1) is 25.7 Å². The van der Waals surface area contributed by atoms with Crippen molar-refractivity contribution >= 4 is 39.4 Å². The Hall–Kier alpha value is -2.49. The van der Waals surface area contributed by atoms with Crippen molar-refractivity contribution in [2.45, 2.75) is 74.9 Å². The summed E-state index contributed by atoms with van der Waals surface area (Å²) in [7, 11) is 0. The van der Waals surface area contributed by atoms with Gasteiger partial charge < -0.3 is 24.4 Å². The van der Waals surface area contributed by atoms with Crippen LogP contribution < -0.4 is 4.90 Å². The predicted molar refractivity (Wildman–Crippen MR) is 157 cm³/mol. The van der Waals surface area contributed by atoms with Gasteiger partial charge in [-0.3, -0.25) is 14.4 Å². The molecule has 3 aliphatic rings. The quantitative estimate of drug-likeness (QED) is 0.145. The van der Waals surface area contributed by atoms with Gasteiger partial charge in [-0.05, 0) is 69.6 Å². The van der Waals surface area contributed by atoms with Gasteiger partial charge in [0, 0.05) is 30.2 Å². The number of unbranched alkanes of at least 4 members (excludes halogenated alkanes) is 3. The maximum Gasteiger partial charge on any atom is 0.312 e. The Labute approximate surface area is 245 Å². The van der Waals surface area contributed by atoms with E-state index in [-0.39, 0.29) is 36.4 Å². The van der Waals surface area contributed by atoms with E-state index in [9.17, 15) is 19.5 Å². The predicted octanol–water partition coefficient (Wildman–Crippen LogP) is 4.24. The van der Waals surface area contributed by atoms with Gasteiger partial charge in [-0.1, -0.05) is 40.2 Å². The summed E-state index contributed by atoms with van der Waals surface area (Å²) in [6.45, 7) is 12.4. The normalized spacial score (nSPS) is 28.4. The second kappa shape index (κ2) is 13.0. The molecule has 9 heteroatoms. The molecule has 3 saturated heterocycles. The lowest BCUT2D eigenvalue weighted by molar-refractivity contribution is -0.155. The van der Waals surface area contributed by atoms with Crippen molar-refractivity contribution < 1.29 is 29.0 Å². The Morgan fingerprint density at radius 2 is 2.00 bits per heavy atom. The minimum atomic E-state index is -1.15. The highest BCUT2D eigenvalue weighted by Crippen LogP contribution is 2.60. The second-order valence-corrected chi connectivity index (χ2v) is 12.3. The minimum absolute atomic E-state index is 0.0679. The minimum Gasteiger partial charge on any atom is -0.465 e. The van der Waals surface area contributed by atoms with Crippen LogP contribution in [0.1, 0.15) is 49.7 Å². The van der Waals surface area contributed by atoms with E-state index in [2.05, 4.69) is 29.1 Å². The molecule has 2 amide bonds. The third-order valence-corrected chi connectivity index (χ3v) is 9.23. The number of ether oxygens (including phenoxy) is 2. The fourth-order valence-electron chi connectivity index (χ4n) is 6.58. The number of hydrogen-bond donors (Lipinski definition) is 1. The molecule has 218 valence electrons. The van der Waals surface area contributed by atoms with Crippen molar-refractivity contribution in [3.05, 3.63) is 54.6 Å². The van der Waals surface area contributed by atoms with Crippen LogP contribution >= 0.6 is 15.9 Å². The fourth-order valence-corrected chi connectivity index (χ4v) is 7.52. The number of allylic oxidation sites excluding steroid dienone is 1. The van der Waals surface area contributed by atoms with E-state index in [0.717, 1.165) is 23.2 Å². The highest BCUT2D eigenvalue weighted by Gasteiger charge is 2.77. The van der Waals surface area contributed by atoms with Crippen LogP contribution in [-0.4, -0.2) is 76.7 Å². The number of carbonyl (C=O) groups is 3. The number of hydrogen-bond acceptors (Lipinski definition) is 6. The van der Waals surface area contributed by atoms with E-state index in [1.165, 1.54) is 0 Å². The van der Waals surface area contributed by atoms with E-state index in [4.69, 9.17) is 9.47 Å². The van der Waals surface area contributed by atoms with Crippen LogP contribution in [-0.2, 0) is 23.9 Å². The number of aliphatic hydroxyl groups is 1. The highest BCUT2D eigenvalue weighted by atomic mass is 79.9. The zero-order valence-electron chi connectivity index (χ0n) is 23.5. The standard InChI is InChI=1S/C31H41BrN2O6/c1-5-7-11-17-39-30(38)24-25-28(36)34(15-9-8-10-16-35)27(31(25)19-22(32)26(24)40-31)29(37)33(14-6-2)23-18-20(3)12-13-21(23)4/h5-6,12-13,18,22,24-27,35H,1-2,7-11,14-17,19H2,3-4H3/t22?,24-,25+,26-,27?,31?/m1/s1. The first-order chi connectivity index (χ1) is 19.2. The fraction of sp³-hybridized carbons (Fsp3) is 0.581. The summed E-state index contributed by atoms with van der Waals surface area (Å²) in [6, 6.07) is 5.05. The van der Waals surface area contributed by atoms with Gasteiger partial charge in [0.25, 0.3) is 5.91 Å². The van der Waals surface area contributed by atoms with Crippen molar-refractivity contribution in [1.29, 1.82) is 0 Å². The molecule has 8 nitrogen and oxygen atoms in total. The second-order valence-electron chi connectivity index (χ2n) is 11.1. The molecular formula is C31H41BrN2O6. The zero-order chi connectivity index (χ0) is 29.0. The SMILES string of the molecule is C=CCCCOC(=O)[C@H]1[C@@H]2OC3(CC2Br)C(C(=O)N(CC=C)c2cc(C)ccc2C)N(CCCCCO)C(=O)[C@H]13. The van der Waals surface area contributed by atoms with Crippen LogP contribution in [0.5, 0.6) is 0 Å². The molecule has 0 radical (unpaired) electrons. The number of nitrogens with zero attached hydrogens (tertiary/aromatic N) is 2. The molecule has 1 aromatic carbocycles. The van der Waals surface area contributed by atoms with Crippen LogP contribution in [0.25, 0.3) is 0 Å². The summed E-state index contributed by atoms with van der Waals surface area (Å²) >= 11 is 3.71. The lowest BCUT2D eigenvalue weighted by atomic mass is 9.70. The largest absolute Gasteiger partial charge is 0.465 e. The maximum atomic E-state index is 14.6. The number of amides is 2. The Bertz CT molecular complexity index is 1140. The Morgan fingerprint density at radius 1 is 1.23 bits per heavy atom. The summed E-state index contributed by atoms with van der Waals surface area (Å²) in [5.41, 5.74) is 1.56. The molecule has 1 spiro atoms. The molecule has 2 bridgehead atoms. The summed E-state index contributed by atoms with van der Waals surface area (Å²) in [5.74, 6) is -2.53. The molecule has 3 heterocycles. The number of fused-ring (bicyclic) bond motifs is 1. The molecule has 4 rings (SSSR count). The lowest BCUT2D eigenvalue weighted by Crippen LogP contribution is -2.57. The van der Waals surface area contributed by atoms with E-state index >= 15 is 0 Å². The van der Waals surface area contributed by atoms with Crippen LogP contribution in [0.2, 0.25) is 0 Å². The first-order valence-corrected chi connectivity index (χ1v) is 15.1. The molecule has 6 atom stereocenters. The van der Waals surface area contributed by atoms with Gasteiger partial charge in [0.05, 0.1) is 24.5 Å². The number of rotatable bonds is 14. The summed E-state index contributed by atoms with van der Waals surface area (Å²) < 4.78 is 12.2. The maximum absolute atomic E-state index is 14.6. The number of alkyl halides is 1. The number of aryl methyl sites for hydroxylation is 2. The van der Waals surface area contributed by atoms with Gasteiger partial charge in [-0.25, -0.2) is 0 Å². The Kier molecular flexibility index (Phi) is 9.90. The third-order valence-electron chi connectivity index (χ3n) is 8.38. The molecular weight excluding hydrogens is 576 g/mol. The highest BCUT2D eigenvalue weighted by molar-refractivity contribution is 9.09. The molecule has 3 aliphatic heterocycles. The molecule has 40 heavy (non-hydrogen) atoms. The van der Waals surface area contributed by atoms with Gasteiger partial charge in [-0.2, -0.15) is 0 Å². The van der Waals surface area contributed by atoms with Crippen molar-refractivity contribution in [3.8, 4) is 0 Å². The number of esters is 1. The van der Waals surface area contributed by atoms with Crippen LogP contribution in [0.4, 0.5) is 5.69 Å². The summed E-state index contributed by atoms with van der Waals surface area (Å²) in [6.07, 6.45) is 6.67. The van der Waals surface area contributed by atoms with Crippen LogP contribution in [0.15, 0.2) is 43.5 Å². The number of benzene rings is 1. The number of likely N-dealkylation sites (tertiary alicyclic amines) is 1.